The highest BCUT2D eigenvalue weighted by molar-refractivity contribution is 5.69. The van der Waals surface area contributed by atoms with Crippen LogP contribution in [0.25, 0.3) is 0 Å². The summed E-state index contributed by atoms with van der Waals surface area (Å²) in [4.78, 5) is 13.5. The van der Waals surface area contributed by atoms with Crippen LogP contribution in [0.1, 0.15) is 39.0 Å². The smallest absolute Gasteiger partial charge is 0.306 e. The van der Waals surface area contributed by atoms with E-state index in [0.717, 1.165) is 32.4 Å². The van der Waals surface area contributed by atoms with Crippen molar-refractivity contribution in [3.8, 4) is 6.07 Å². The van der Waals surface area contributed by atoms with Gasteiger partial charge >= 0.3 is 5.97 Å². The molecule has 2 unspecified atom stereocenters. The van der Waals surface area contributed by atoms with Crippen LogP contribution < -0.4 is 0 Å². The molecule has 0 saturated carbocycles. The van der Waals surface area contributed by atoms with Crippen LogP contribution in [0.3, 0.4) is 0 Å². The summed E-state index contributed by atoms with van der Waals surface area (Å²) < 4.78 is 10.3. The molecule has 0 amide bonds. The van der Waals surface area contributed by atoms with Crippen molar-refractivity contribution in [1.29, 1.82) is 5.26 Å². The molecule has 1 rings (SSSR count). The first-order valence-corrected chi connectivity index (χ1v) is 7.00. The minimum Gasteiger partial charge on any atom is -0.469 e. The molecule has 0 aromatic rings. The molecule has 5 heteroatoms. The quantitative estimate of drug-likeness (QED) is 0.627. The third kappa shape index (κ3) is 5.58. The van der Waals surface area contributed by atoms with Gasteiger partial charge in [-0.1, -0.05) is 6.92 Å². The minimum atomic E-state index is -0.204. The van der Waals surface area contributed by atoms with Crippen LogP contribution in [-0.4, -0.2) is 49.8 Å². The molecule has 1 fully saturated rings. The number of ether oxygens (including phenoxy) is 2. The lowest BCUT2D eigenvalue weighted by atomic mass is 10.1. The van der Waals surface area contributed by atoms with Gasteiger partial charge in [-0.15, -0.1) is 0 Å². The highest BCUT2D eigenvalue weighted by atomic mass is 16.5. The van der Waals surface area contributed by atoms with Gasteiger partial charge in [-0.2, -0.15) is 5.26 Å². The first kappa shape index (κ1) is 15.9. The lowest BCUT2D eigenvalue weighted by Crippen LogP contribution is -2.41. The molecule has 108 valence electrons. The standard InChI is InChI=1S/C14H24N2O3/c1-3-12(6-8-15)16(9-7-14(17)18-2)11-13-5-4-10-19-13/h12-13H,3-7,9-11H2,1-2H3. The van der Waals surface area contributed by atoms with Crippen molar-refractivity contribution in [3.05, 3.63) is 0 Å². The Kier molecular flexibility index (Phi) is 7.46. The van der Waals surface area contributed by atoms with Crippen molar-refractivity contribution in [2.24, 2.45) is 0 Å². The molecule has 1 aliphatic heterocycles. The molecule has 0 bridgehead atoms. The molecule has 0 radical (unpaired) electrons. The fraction of sp³-hybridized carbons (Fsp3) is 0.857. The summed E-state index contributed by atoms with van der Waals surface area (Å²) >= 11 is 0. The number of carbonyl (C=O) groups excluding carboxylic acids is 1. The molecule has 0 aliphatic carbocycles. The Bertz CT molecular complexity index is 308. The van der Waals surface area contributed by atoms with Crippen molar-refractivity contribution in [2.75, 3.05) is 26.8 Å². The maximum atomic E-state index is 11.3. The molecule has 1 heterocycles. The summed E-state index contributed by atoms with van der Waals surface area (Å²) in [5.41, 5.74) is 0. The third-order valence-electron chi connectivity index (χ3n) is 3.61. The average molecular weight is 268 g/mol. The Hall–Kier alpha value is -1.12. The second-order valence-corrected chi connectivity index (χ2v) is 4.88. The predicted molar refractivity (Wildman–Crippen MR) is 71.5 cm³/mol. The van der Waals surface area contributed by atoms with Crippen LogP contribution >= 0.6 is 0 Å². The van der Waals surface area contributed by atoms with Gasteiger partial charge in [0.2, 0.25) is 0 Å². The number of carbonyl (C=O) groups is 1. The topological polar surface area (TPSA) is 62.6 Å². The number of nitriles is 1. The van der Waals surface area contributed by atoms with Crippen molar-refractivity contribution in [1.82, 2.24) is 4.90 Å². The molecular weight excluding hydrogens is 244 g/mol. The van der Waals surface area contributed by atoms with Crippen LogP contribution in [0.15, 0.2) is 0 Å². The van der Waals surface area contributed by atoms with E-state index in [9.17, 15) is 4.79 Å². The van der Waals surface area contributed by atoms with Gasteiger partial charge in [-0.25, -0.2) is 0 Å². The van der Waals surface area contributed by atoms with Gasteiger partial charge in [0.25, 0.3) is 0 Å². The molecule has 0 spiro atoms. The zero-order chi connectivity index (χ0) is 14.1. The molecular formula is C14H24N2O3. The van der Waals surface area contributed by atoms with Gasteiger partial charge in [0.05, 0.1) is 32.1 Å². The van der Waals surface area contributed by atoms with E-state index in [-0.39, 0.29) is 18.1 Å². The summed E-state index contributed by atoms with van der Waals surface area (Å²) in [5, 5.41) is 8.90. The Morgan fingerprint density at radius 2 is 2.42 bits per heavy atom. The summed E-state index contributed by atoms with van der Waals surface area (Å²) in [5.74, 6) is -0.204. The summed E-state index contributed by atoms with van der Waals surface area (Å²) in [6.45, 7) is 4.33. The van der Waals surface area contributed by atoms with Gasteiger partial charge in [0.1, 0.15) is 0 Å². The van der Waals surface area contributed by atoms with E-state index < -0.39 is 0 Å². The predicted octanol–water partition coefficient (Wildman–Crippen LogP) is 1.72. The zero-order valence-corrected chi connectivity index (χ0v) is 11.9. The zero-order valence-electron chi connectivity index (χ0n) is 11.9. The van der Waals surface area contributed by atoms with Crippen LogP contribution in [0, 0.1) is 11.3 Å². The first-order valence-electron chi connectivity index (χ1n) is 7.00. The van der Waals surface area contributed by atoms with Gasteiger partial charge in [0, 0.05) is 25.7 Å². The highest BCUT2D eigenvalue weighted by Gasteiger charge is 2.24. The Balaban J connectivity index is 2.54. The van der Waals surface area contributed by atoms with E-state index in [1.54, 1.807) is 0 Å². The van der Waals surface area contributed by atoms with Gasteiger partial charge < -0.3 is 9.47 Å². The molecule has 0 N–H and O–H groups in total. The Labute approximate surface area is 115 Å². The molecule has 0 aromatic carbocycles. The van der Waals surface area contributed by atoms with Crippen molar-refractivity contribution in [3.63, 3.8) is 0 Å². The SMILES string of the molecule is CCC(CC#N)N(CCC(=O)OC)CC1CCCO1. The molecule has 1 aliphatic rings. The maximum Gasteiger partial charge on any atom is 0.306 e. The molecule has 19 heavy (non-hydrogen) atoms. The number of rotatable bonds is 8. The summed E-state index contributed by atoms with van der Waals surface area (Å²) in [7, 11) is 1.40. The second kappa shape index (κ2) is 8.89. The van der Waals surface area contributed by atoms with Gasteiger partial charge in [-0.3, -0.25) is 9.69 Å². The van der Waals surface area contributed by atoms with E-state index in [1.165, 1.54) is 7.11 Å². The average Bonchev–Trinajstić information content (AvgIpc) is 2.93. The van der Waals surface area contributed by atoms with Crippen molar-refractivity contribution in [2.45, 2.75) is 51.2 Å². The van der Waals surface area contributed by atoms with Crippen LogP contribution in [0.4, 0.5) is 0 Å². The number of nitrogens with zero attached hydrogens (tertiary/aromatic N) is 2. The number of hydrogen-bond donors (Lipinski definition) is 0. The second-order valence-electron chi connectivity index (χ2n) is 4.88. The number of hydrogen-bond acceptors (Lipinski definition) is 5. The van der Waals surface area contributed by atoms with Crippen LogP contribution in [0.5, 0.6) is 0 Å². The van der Waals surface area contributed by atoms with E-state index in [1.807, 2.05) is 0 Å². The summed E-state index contributed by atoms with van der Waals surface area (Å²) in [6, 6.07) is 2.42. The van der Waals surface area contributed by atoms with E-state index >= 15 is 0 Å². The summed E-state index contributed by atoms with van der Waals surface area (Å²) in [6.07, 6.45) is 4.17. The Morgan fingerprint density at radius 3 is 2.95 bits per heavy atom. The Morgan fingerprint density at radius 1 is 1.63 bits per heavy atom. The lowest BCUT2D eigenvalue weighted by molar-refractivity contribution is -0.141. The van der Waals surface area contributed by atoms with E-state index in [0.29, 0.717) is 19.4 Å². The normalized spacial score (nSPS) is 20.2. The van der Waals surface area contributed by atoms with E-state index in [2.05, 4.69) is 22.6 Å². The fourth-order valence-electron chi connectivity index (χ4n) is 2.45. The third-order valence-corrected chi connectivity index (χ3v) is 3.61. The van der Waals surface area contributed by atoms with Crippen molar-refractivity contribution < 1.29 is 14.3 Å². The maximum absolute atomic E-state index is 11.3. The minimum absolute atomic E-state index is 0.193. The highest BCUT2D eigenvalue weighted by Crippen LogP contribution is 2.17. The monoisotopic (exact) mass is 268 g/mol. The first-order chi connectivity index (χ1) is 9.21. The van der Waals surface area contributed by atoms with Crippen molar-refractivity contribution >= 4 is 5.97 Å². The lowest BCUT2D eigenvalue weighted by Gasteiger charge is -2.31. The van der Waals surface area contributed by atoms with Crippen LogP contribution in [0.2, 0.25) is 0 Å². The molecule has 2 atom stereocenters. The molecule has 0 aromatic heterocycles. The fourth-order valence-corrected chi connectivity index (χ4v) is 2.45. The van der Waals surface area contributed by atoms with E-state index in [4.69, 9.17) is 10.00 Å². The van der Waals surface area contributed by atoms with Gasteiger partial charge in [-0.05, 0) is 19.3 Å². The largest absolute Gasteiger partial charge is 0.469 e. The number of esters is 1. The van der Waals surface area contributed by atoms with Gasteiger partial charge in [0.15, 0.2) is 0 Å². The van der Waals surface area contributed by atoms with Crippen LogP contribution in [-0.2, 0) is 14.3 Å². The number of methoxy groups -OCH3 is 1. The molecule has 1 saturated heterocycles. The molecule has 5 nitrogen and oxygen atoms in total.